The van der Waals surface area contributed by atoms with Crippen LogP contribution in [0.3, 0.4) is 0 Å². The molecule has 36 heavy (non-hydrogen) atoms. The Morgan fingerprint density at radius 2 is 1.81 bits per heavy atom. The predicted octanol–water partition coefficient (Wildman–Crippen LogP) is 4.29. The van der Waals surface area contributed by atoms with Gasteiger partial charge in [0.25, 0.3) is 0 Å². The molecule has 0 unspecified atom stereocenters. The van der Waals surface area contributed by atoms with Gasteiger partial charge in [-0.05, 0) is 47.9 Å². The number of halogens is 1. The molecule has 0 amide bonds. The quantitative estimate of drug-likeness (QED) is 0.330. The van der Waals surface area contributed by atoms with E-state index in [9.17, 15) is 8.42 Å². The summed E-state index contributed by atoms with van der Waals surface area (Å²) in [6.45, 7) is 0.816. The Hall–Kier alpha value is -3.21. The van der Waals surface area contributed by atoms with Crippen molar-refractivity contribution in [1.82, 2.24) is 19.3 Å². The topological polar surface area (TPSA) is 86.5 Å². The molecule has 4 aromatic rings. The first kappa shape index (κ1) is 24.5. The highest BCUT2D eigenvalue weighted by Crippen LogP contribution is 2.35. The van der Waals surface area contributed by atoms with E-state index in [-0.39, 0.29) is 18.0 Å². The molecule has 2 heterocycles. The van der Waals surface area contributed by atoms with E-state index in [0.717, 1.165) is 21.3 Å². The summed E-state index contributed by atoms with van der Waals surface area (Å²) in [5.74, 6) is 1.12. The summed E-state index contributed by atoms with van der Waals surface area (Å²) in [5, 5.41) is 8.51. The number of hydrogen-bond donors (Lipinski definition) is 0. The number of sulfonamides is 1. The molecule has 1 aromatic heterocycles. The molecule has 0 fully saturated rings. The van der Waals surface area contributed by atoms with Gasteiger partial charge in [0, 0.05) is 4.47 Å². The molecule has 1 aliphatic rings. The van der Waals surface area contributed by atoms with Crippen molar-refractivity contribution < 1.29 is 17.9 Å². The zero-order valence-electron chi connectivity index (χ0n) is 19.6. The maximum absolute atomic E-state index is 13.9. The first-order valence-corrected chi connectivity index (χ1v) is 13.7. The van der Waals surface area contributed by atoms with E-state index in [1.807, 2.05) is 54.6 Å². The normalized spacial score (nSPS) is 17.1. The number of hydrogen-bond acceptors (Lipinski definition) is 6. The maximum Gasteiger partial charge on any atom is 0.247 e. The predicted molar refractivity (Wildman–Crippen MR) is 138 cm³/mol. The van der Waals surface area contributed by atoms with Gasteiger partial charge in [0.1, 0.15) is 23.0 Å². The molecular weight excluding hydrogens is 544 g/mol. The van der Waals surface area contributed by atoms with Gasteiger partial charge in [0.15, 0.2) is 0 Å². The summed E-state index contributed by atoms with van der Waals surface area (Å²) in [6, 6.07) is 22.1. The van der Waals surface area contributed by atoms with Crippen molar-refractivity contribution in [3.05, 3.63) is 100 Å². The summed E-state index contributed by atoms with van der Waals surface area (Å²) in [5.41, 5.74) is 2.62. The number of rotatable bonds is 7. The molecule has 8 nitrogen and oxygen atoms in total. The summed E-state index contributed by atoms with van der Waals surface area (Å²) in [4.78, 5) is 0.145. The fourth-order valence-corrected chi connectivity index (χ4v) is 6.26. The molecule has 0 aliphatic carbocycles. The molecule has 3 aromatic carbocycles. The molecule has 0 N–H and O–H groups in total. The van der Waals surface area contributed by atoms with Crippen molar-refractivity contribution >= 4 is 26.0 Å². The fourth-order valence-electron chi connectivity index (χ4n) is 4.23. The standard InChI is InChI=1S/C26H25BrN4O4S/c1-34-24-10-7-20(8-11-24)15-30-16-22(28-29-30)17-31-23(13-19-5-3-2-4-6-19)18-35-25-14-21(27)9-12-26(25)36(31,32)33/h2-12,14,16,23H,13,15,17-18H2,1H3/t23-/m1/s1. The van der Waals surface area contributed by atoms with Gasteiger partial charge in [0.05, 0.1) is 38.1 Å². The lowest BCUT2D eigenvalue weighted by Gasteiger charge is -2.27. The Labute approximate surface area is 218 Å². The van der Waals surface area contributed by atoms with E-state index in [4.69, 9.17) is 9.47 Å². The minimum Gasteiger partial charge on any atom is -0.497 e. The van der Waals surface area contributed by atoms with Crippen LogP contribution in [0.15, 0.2) is 88.4 Å². The van der Waals surface area contributed by atoms with Crippen LogP contribution in [0, 0.1) is 0 Å². The Morgan fingerprint density at radius 3 is 2.56 bits per heavy atom. The van der Waals surface area contributed by atoms with Gasteiger partial charge in [-0.1, -0.05) is 63.6 Å². The second kappa shape index (κ2) is 10.4. The lowest BCUT2D eigenvalue weighted by molar-refractivity contribution is 0.206. The van der Waals surface area contributed by atoms with Gasteiger partial charge in [0.2, 0.25) is 10.0 Å². The van der Waals surface area contributed by atoms with Crippen molar-refractivity contribution in [2.24, 2.45) is 0 Å². The number of ether oxygens (including phenoxy) is 2. The van der Waals surface area contributed by atoms with Crippen LogP contribution in [-0.2, 0) is 29.5 Å². The Bertz CT molecular complexity index is 1440. The van der Waals surface area contributed by atoms with Gasteiger partial charge in [-0.2, -0.15) is 4.31 Å². The van der Waals surface area contributed by atoms with Crippen molar-refractivity contribution in [3.63, 3.8) is 0 Å². The molecule has 1 aliphatic heterocycles. The second-order valence-electron chi connectivity index (χ2n) is 8.55. The second-order valence-corrected chi connectivity index (χ2v) is 11.3. The third-order valence-corrected chi connectivity index (χ3v) is 8.48. The number of nitrogens with zero attached hydrogens (tertiary/aromatic N) is 4. The highest BCUT2D eigenvalue weighted by Gasteiger charge is 2.37. The van der Waals surface area contributed by atoms with E-state index < -0.39 is 16.1 Å². The van der Waals surface area contributed by atoms with Crippen molar-refractivity contribution in [3.8, 4) is 11.5 Å². The van der Waals surface area contributed by atoms with Crippen LogP contribution in [0.4, 0.5) is 0 Å². The van der Waals surface area contributed by atoms with Crippen LogP contribution in [0.25, 0.3) is 0 Å². The number of aromatic nitrogens is 3. The number of methoxy groups -OCH3 is 1. The van der Waals surface area contributed by atoms with Crippen LogP contribution in [0.1, 0.15) is 16.8 Å². The highest BCUT2D eigenvalue weighted by molar-refractivity contribution is 9.10. The van der Waals surface area contributed by atoms with Gasteiger partial charge in [-0.3, -0.25) is 0 Å². The van der Waals surface area contributed by atoms with Crippen LogP contribution in [-0.4, -0.2) is 47.5 Å². The average molecular weight is 569 g/mol. The number of fused-ring (bicyclic) bond motifs is 1. The van der Waals surface area contributed by atoms with Crippen molar-refractivity contribution in [1.29, 1.82) is 0 Å². The number of benzene rings is 3. The Morgan fingerprint density at radius 1 is 1.03 bits per heavy atom. The minimum absolute atomic E-state index is 0.0846. The van der Waals surface area contributed by atoms with Crippen LogP contribution in [0.2, 0.25) is 0 Å². The molecule has 0 bridgehead atoms. The molecule has 1 atom stereocenters. The zero-order valence-corrected chi connectivity index (χ0v) is 22.0. The van der Waals surface area contributed by atoms with Gasteiger partial charge < -0.3 is 9.47 Å². The largest absolute Gasteiger partial charge is 0.497 e. The molecule has 10 heteroatoms. The minimum atomic E-state index is -3.86. The van der Waals surface area contributed by atoms with Crippen LogP contribution < -0.4 is 9.47 Å². The Balaban J connectivity index is 1.44. The average Bonchev–Trinajstić information content (AvgIpc) is 3.29. The van der Waals surface area contributed by atoms with Crippen molar-refractivity contribution in [2.45, 2.75) is 30.4 Å². The zero-order chi connectivity index (χ0) is 25.1. The van der Waals surface area contributed by atoms with Gasteiger partial charge >= 0.3 is 0 Å². The highest BCUT2D eigenvalue weighted by atomic mass is 79.9. The lowest BCUT2D eigenvalue weighted by Crippen LogP contribution is -2.42. The monoisotopic (exact) mass is 568 g/mol. The summed E-state index contributed by atoms with van der Waals surface area (Å²) < 4.78 is 42.9. The fraction of sp³-hybridized carbons (Fsp3) is 0.231. The van der Waals surface area contributed by atoms with Crippen LogP contribution >= 0.6 is 15.9 Å². The molecule has 0 spiro atoms. The maximum atomic E-state index is 13.9. The molecule has 0 radical (unpaired) electrons. The van der Waals surface area contributed by atoms with E-state index in [1.54, 1.807) is 36.2 Å². The SMILES string of the molecule is COc1ccc(Cn2cc(CN3[C@H](Cc4ccccc4)COc4cc(Br)ccc4S3(=O)=O)nn2)cc1. The van der Waals surface area contributed by atoms with Crippen molar-refractivity contribution in [2.75, 3.05) is 13.7 Å². The first-order valence-electron chi connectivity index (χ1n) is 11.4. The van der Waals surface area contributed by atoms with E-state index in [0.29, 0.717) is 24.4 Å². The molecular formula is C26H25BrN4O4S. The molecule has 186 valence electrons. The molecule has 0 saturated carbocycles. The molecule has 5 rings (SSSR count). The summed E-state index contributed by atoms with van der Waals surface area (Å²) in [7, 11) is -2.24. The lowest BCUT2D eigenvalue weighted by atomic mass is 10.1. The summed E-state index contributed by atoms with van der Waals surface area (Å²) >= 11 is 3.41. The Kier molecular flexibility index (Phi) is 7.08. The first-order chi connectivity index (χ1) is 17.4. The third-order valence-electron chi connectivity index (χ3n) is 6.05. The van der Waals surface area contributed by atoms with E-state index in [1.165, 1.54) is 4.31 Å². The summed E-state index contributed by atoms with van der Waals surface area (Å²) in [6.07, 6.45) is 2.29. The molecule has 0 saturated heterocycles. The van der Waals surface area contributed by atoms with E-state index in [2.05, 4.69) is 26.2 Å². The van der Waals surface area contributed by atoms with Crippen LogP contribution in [0.5, 0.6) is 11.5 Å². The van der Waals surface area contributed by atoms with E-state index >= 15 is 0 Å². The third kappa shape index (κ3) is 5.30. The smallest absolute Gasteiger partial charge is 0.247 e. The van der Waals surface area contributed by atoms with Gasteiger partial charge in [-0.25, -0.2) is 13.1 Å². The van der Waals surface area contributed by atoms with Gasteiger partial charge in [-0.15, -0.1) is 5.10 Å².